The van der Waals surface area contributed by atoms with Crippen LogP contribution in [0, 0.1) is 5.82 Å². The minimum atomic E-state index is -1.05. The molecular formula is C16H9Cl3FNO2. The number of hydrogen-bond donors (Lipinski definition) is 2. The van der Waals surface area contributed by atoms with E-state index < -0.39 is 11.8 Å². The monoisotopic (exact) mass is 371 g/mol. The Bertz CT molecular complexity index is 937. The summed E-state index contributed by atoms with van der Waals surface area (Å²) in [4.78, 5) is 13.8. The molecule has 1 heterocycles. The molecule has 3 aromatic rings. The summed E-state index contributed by atoms with van der Waals surface area (Å²) in [5.41, 5.74) is 1.29. The highest BCUT2D eigenvalue weighted by Gasteiger charge is 2.20. The molecule has 3 rings (SSSR count). The summed E-state index contributed by atoms with van der Waals surface area (Å²) in [6, 6.07) is 6.23. The smallest absolute Gasteiger partial charge is 0.307 e. The van der Waals surface area contributed by atoms with Crippen LogP contribution in [0.1, 0.15) is 5.56 Å². The van der Waals surface area contributed by atoms with Gasteiger partial charge in [0.15, 0.2) is 0 Å². The van der Waals surface area contributed by atoms with Crippen molar-refractivity contribution in [3.05, 3.63) is 56.9 Å². The van der Waals surface area contributed by atoms with Crippen LogP contribution in [0.25, 0.3) is 22.0 Å². The van der Waals surface area contributed by atoms with E-state index in [1.165, 1.54) is 24.4 Å². The molecule has 0 saturated heterocycles. The Morgan fingerprint density at radius 3 is 2.52 bits per heavy atom. The first-order valence-electron chi connectivity index (χ1n) is 6.54. The molecule has 118 valence electrons. The first-order chi connectivity index (χ1) is 10.9. The third kappa shape index (κ3) is 2.78. The van der Waals surface area contributed by atoms with Gasteiger partial charge in [-0.25, -0.2) is 4.39 Å². The number of hydrogen-bond acceptors (Lipinski definition) is 1. The summed E-state index contributed by atoms with van der Waals surface area (Å²) in [7, 11) is 0. The molecule has 0 atom stereocenters. The first-order valence-corrected chi connectivity index (χ1v) is 7.67. The van der Waals surface area contributed by atoms with Gasteiger partial charge in [0.25, 0.3) is 0 Å². The number of aromatic nitrogens is 1. The molecule has 0 fully saturated rings. The number of aromatic amines is 1. The van der Waals surface area contributed by atoms with E-state index in [0.29, 0.717) is 11.1 Å². The van der Waals surface area contributed by atoms with E-state index in [1.54, 1.807) is 6.07 Å². The summed E-state index contributed by atoms with van der Waals surface area (Å²) in [5, 5.41) is 9.81. The molecule has 0 aliphatic rings. The maximum atomic E-state index is 15.0. The normalized spacial score (nSPS) is 11.1. The maximum Gasteiger partial charge on any atom is 0.307 e. The molecule has 0 amide bonds. The predicted octanol–water partition coefficient (Wildman–Crippen LogP) is 5.56. The highest BCUT2D eigenvalue weighted by atomic mass is 35.5. The molecule has 2 aromatic carbocycles. The zero-order chi connectivity index (χ0) is 16.7. The van der Waals surface area contributed by atoms with Crippen LogP contribution in [-0.4, -0.2) is 16.1 Å². The van der Waals surface area contributed by atoms with Crippen molar-refractivity contribution < 1.29 is 14.3 Å². The second kappa shape index (κ2) is 6.04. The third-order valence-electron chi connectivity index (χ3n) is 3.52. The number of H-pyrrole nitrogens is 1. The first kappa shape index (κ1) is 16.1. The van der Waals surface area contributed by atoms with Gasteiger partial charge < -0.3 is 10.1 Å². The van der Waals surface area contributed by atoms with Gasteiger partial charge in [0, 0.05) is 28.2 Å². The van der Waals surface area contributed by atoms with Crippen LogP contribution in [0.15, 0.2) is 30.5 Å². The van der Waals surface area contributed by atoms with Crippen LogP contribution >= 0.6 is 34.8 Å². The minimum Gasteiger partial charge on any atom is -0.481 e. The van der Waals surface area contributed by atoms with Gasteiger partial charge in [0.2, 0.25) is 0 Å². The average molecular weight is 373 g/mol. The summed E-state index contributed by atoms with van der Waals surface area (Å²) < 4.78 is 15.0. The largest absolute Gasteiger partial charge is 0.481 e. The molecule has 0 radical (unpaired) electrons. The highest BCUT2D eigenvalue weighted by molar-refractivity contribution is 6.46. The van der Waals surface area contributed by atoms with Crippen molar-refractivity contribution in [3.63, 3.8) is 0 Å². The van der Waals surface area contributed by atoms with E-state index in [9.17, 15) is 4.79 Å². The molecular weight excluding hydrogens is 364 g/mol. The molecule has 0 aliphatic heterocycles. The van der Waals surface area contributed by atoms with E-state index in [4.69, 9.17) is 39.9 Å². The standard InChI is InChI=1S/C16H9Cl3FNO2/c17-9-2-3-10(18)15(19)14(9)8-1-4-11-13(16(8)20)7(6-21-11)5-12(22)23/h1-4,6,21H,5H2,(H,22,23). The third-order valence-corrected chi connectivity index (χ3v) is 4.64. The van der Waals surface area contributed by atoms with Crippen LogP contribution in [0.2, 0.25) is 15.1 Å². The molecule has 0 spiro atoms. The number of nitrogens with one attached hydrogen (secondary N) is 1. The van der Waals surface area contributed by atoms with Gasteiger partial charge >= 0.3 is 5.97 Å². The molecule has 0 aliphatic carbocycles. The lowest BCUT2D eigenvalue weighted by Gasteiger charge is -2.11. The number of benzene rings is 2. The van der Waals surface area contributed by atoms with Gasteiger partial charge in [-0.3, -0.25) is 4.79 Å². The molecule has 1 aromatic heterocycles. The van der Waals surface area contributed by atoms with Gasteiger partial charge in [-0.05, 0) is 29.8 Å². The highest BCUT2D eigenvalue weighted by Crippen LogP contribution is 2.41. The molecule has 0 bridgehead atoms. The van der Waals surface area contributed by atoms with Crippen LogP contribution < -0.4 is 0 Å². The van der Waals surface area contributed by atoms with Crippen molar-refractivity contribution in [1.29, 1.82) is 0 Å². The Hall–Kier alpha value is -1.75. The summed E-state index contributed by atoms with van der Waals surface area (Å²) in [6.07, 6.45) is 1.18. The molecule has 23 heavy (non-hydrogen) atoms. The van der Waals surface area contributed by atoms with Gasteiger partial charge in [-0.15, -0.1) is 0 Å². The number of rotatable bonds is 3. The number of carboxylic acids is 1. The van der Waals surface area contributed by atoms with Crippen molar-refractivity contribution in [1.82, 2.24) is 4.98 Å². The molecule has 0 saturated carbocycles. The Morgan fingerprint density at radius 2 is 1.83 bits per heavy atom. The van der Waals surface area contributed by atoms with Crippen molar-refractivity contribution >= 4 is 51.7 Å². The summed E-state index contributed by atoms with van der Waals surface area (Å²) in [6.45, 7) is 0. The fourth-order valence-corrected chi connectivity index (χ4v) is 3.25. The topological polar surface area (TPSA) is 53.1 Å². The lowest BCUT2D eigenvalue weighted by molar-refractivity contribution is -0.136. The minimum absolute atomic E-state index is 0.146. The zero-order valence-corrected chi connectivity index (χ0v) is 13.7. The van der Waals surface area contributed by atoms with E-state index in [-0.39, 0.29) is 38.0 Å². The SMILES string of the molecule is O=C(O)Cc1c[nH]c2ccc(-c3c(Cl)ccc(Cl)c3Cl)c(F)c12. The Kier molecular flexibility index (Phi) is 4.23. The Balaban J connectivity index is 2.30. The second-order valence-electron chi connectivity index (χ2n) is 4.95. The number of halogens is 4. The molecule has 7 heteroatoms. The molecule has 0 unspecified atom stereocenters. The number of aliphatic carboxylic acids is 1. The Morgan fingerprint density at radius 1 is 1.13 bits per heavy atom. The van der Waals surface area contributed by atoms with Gasteiger partial charge in [0.05, 0.1) is 21.5 Å². The lowest BCUT2D eigenvalue weighted by atomic mass is 10.0. The van der Waals surface area contributed by atoms with Crippen LogP contribution in [-0.2, 0) is 11.2 Å². The van der Waals surface area contributed by atoms with Gasteiger partial charge in [0.1, 0.15) is 5.82 Å². The summed E-state index contributed by atoms with van der Waals surface area (Å²) >= 11 is 18.3. The van der Waals surface area contributed by atoms with E-state index in [2.05, 4.69) is 4.98 Å². The average Bonchev–Trinajstić information content (AvgIpc) is 2.89. The predicted molar refractivity (Wildman–Crippen MR) is 90.1 cm³/mol. The number of carboxylic acid groups (broad SMARTS) is 1. The fraction of sp³-hybridized carbons (Fsp3) is 0.0625. The van der Waals surface area contributed by atoms with Crippen molar-refractivity contribution in [2.24, 2.45) is 0 Å². The molecule has 3 nitrogen and oxygen atoms in total. The van der Waals surface area contributed by atoms with Crippen molar-refractivity contribution in [2.45, 2.75) is 6.42 Å². The van der Waals surface area contributed by atoms with E-state index in [0.717, 1.165) is 0 Å². The van der Waals surface area contributed by atoms with Crippen molar-refractivity contribution in [3.8, 4) is 11.1 Å². The quantitative estimate of drug-likeness (QED) is 0.591. The van der Waals surface area contributed by atoms with E-state index in [1.807, 2.05) is 0 Å². The van der Waals surface area contributed by atoms with Crippen LogP contribution in [0.3, 0.4) is 0 Å². The van der Waals surface area contributed by atoms with Crippen molar-refractivity contribution in [2.75, 3.05) is 0 Å². The van der Waals surface area contributed by atoms with Gasteiger partial charge in [-0.1, -0.05) is 34.8 Å². The zero-order valence-electron chi connectivity index (χ0n) is 11.5. The summed E-state index contributed by atoms with van der Waals surface area (Å²) in [5.74, 6) is -1.64. The van der Waals surface area contributed by atoms with Crippen LogP contribution in [0.4, 0.5) is 4.39 Å². The van der Waals surface area contributed by atoms with E-state index >= 15 is 4.39 Å². The maximum absolute atomic E-state index is 15.0. The fourth-order valence-electron chi connectivity index (χ4n) is 2.52. The lowest BCUT2D eigenvalue weighted by Crippen LogP contribution is -2.00. The number of carbonyl (C=O) groups is 1. The molecule has 2 N–H and O–H groups in total. The number of fused-ring (bicyclic) bond motifs is 1. The van der Waals surface area contributed by atoms with Gasteiger partial charge in [-0.2, -0.15) is 0 Å². The van der Waals surface area contributed by atoms with Crippen LogP contribution in [0.5, 0.6) is 0 Å². The Labute approximate surface area is 145 Å². The second-order valence-corrected chi connectivity index (χ2v) is 6.14.